The highest BCUT2D eigenvalue weighted by atomic mass is 19.1. The summed E-state index contributed by atoms with van der Waals surface area (Å²) in [6, 6.07) is 4.76. The van der Waals surface area contributed by atoms with Crippen LogP contribution in [0.3, 0.4) is 0 Å². The van der Waals surface area contributed by atoms with Crippen LogP contribution in [-0.2, 0) is 11.3 Å². The molecule has 30 heavy (non-hydrogen) atoms. The normalized spacial score (nSPS) is 23.6. The van der Waals surface area contributed by atoms with E-state index in [1.807, 2.05) is 0 Å². The van der Waals surface area contributed by atoms with Crippen LogP contribution in [0.2, 0.25) is 0 Å². The van der Waals surface area contributed by atoms with Crippen molar-refractivity contribution in [3.05, 3.63) is 46.6 Å². The van der Waals surface area contributed by atoms with Gasteiger partial charge < -0.3 is 9.26 Å². The van der Waals surface area contributed by atoms with Gasteiger partial charge in [-0.05, 0) is 37.3 Å². The smallest absolute Gasteiger partial charge is 0.277 e. The Morgan fingerprint density at radius 3 is 2.93 bits per heavy atom. The summed E-state index contributed by atoms with van der Waals surface area (Å²) in [6.07, 6.45) is 4.19. The summed E-state index contributed by atoms with van der Waals surface area (Å²) in [5, 5.41) is 4.07. The van der Waals surface area contributed by atoms with Crippen molar-refractivity contribution in [2.24, 2.45) is 5.92 Å². The molecule has 0 N–H and O–H groups in total. The summed E-state index contributed by atoms with van der Waals surface area (Å²) >= 11 is 0. The van der Waals surface area contributed by atoms with Gasteiger partial charge in [-0.2, -0.15) is 4.98 Å². The topological polar surface area (TPSA) is 87.5 Å². The molecule has 9 heteroatoms. The summed E-state index contributed by atoms with van der Waals surface area (Å²) in [4.78, 5) is 22.4. The molecule has 0 spiro atoms. The average Bonchev–Trinajstić information content (AvgIpc) is 3.22. The second-order valence-corrected chi connectivity index (χ2v) is 8.25. The maximum atomic E-state index is 14.8. The zero-order valence-electron chi connectivity index (χ0n) is 16.4. The van der Waals surface area contributed by atoms with Gasteiger partial charge in [0.15, 0.2) is 0 Å². The molecule has 154 valence electrons. The van der Waals surface area contributed by atoms with Gasteiger partial charge in [-0.1, -0.05) is 18.1 Å². The number of halogens is 1. The molecule has 0 amide bonds. The Balaban J connectivity index is 1.58. The monoisotopic (exact) mass is 409 g/mol. The predicted molar refractivity (Wildman–Crippen MR) is 106 cm³/mol. The number of imidazole rings is 1. The molecule has 1 aromatic carbocycles. The van der Waals surface area contributed by atoms with Crippen LogP contribution in [0.1, 0.15) is 38.0 Å². The van der Waals surface area contributed by atoms with E-state index in [-0.39, 0.29) is 35.5 Å². The van der Waals surface area contributed by atoms with Gasteiger partial charge in [-0.15, -0.1) is 0 Å². The molecular weight excluding hydrogens is 389 g/mol. The fourth-order valence-corrected chi connectivity index (χ4v) is 4.41. The number of hydrogen-bond acceptors (Lipinski definition) is 6. The summed E-state index contributed by atoms with van der Waals surface area (Å²) in [5.41, 5.74) is 1.11. The number of hydrogen-bond donors (Lipinski definition) is 0. The molecule has 4 heterocycles. The average molecular weight is 409 g/mol. The summed E-state index contributed by atoms with van der Waals surface area (Å²) in [6.45, 7) is 3.07. The molecule has 0 bridgehead atoms. The Bertz CT molecular complexity index is 1330. The maximum Gasteiger partial charge on any atom is 0.277 e. The van der Waals surface area contributed by atoms with E-state index in [0.717, 1.165) is 19.3 Å². The summed E-state index contributed by atoms with van der Waals surface area (Å²) in [5.74, 6) is 1.19. The Morgan fingerprint density at radius 1 is 1.30 bits per heavy atom. The van der Waals surface area contributed by atoms with Crippen molar-refractivity contribution in [3.8, 4) is 11.5 Å². The third kappa shape index (κ3) is 2.61. The molecule has 1 saturated heterocycles. The number of ether oxygens (including phenoxy) is 1. The molecule has 3 atom stereocenters. The highest BCUT2D eigenvalue weighted by Crippen LogP contribution is 2.46. The molecule has 6 rings (SSSR count). The van der Waals surface area contributed by atoms with E-state index in [2.05, 4.69) is 22.0 Å². The van der Waals surface area contributed by atoms with E-state index in [4.69, 9.17) is 9.26 Å². The number of rotatable bonds is 4. The van der Waals surface area contributed by atoms with Gasteiger partial charge in [0.25, 0.3) is 5.56 Å². The Kier molecular flexibility index (Phi) is 3.83. The number of nitrogens with zero attached hydrogens (tertiary/aromatic N) is 5. The number of para-hydroxylation sites is 1. The molecule has 8 nitrogen and oxygen atoms in total. The van der Waals surface area contributed by atoms with Gasteiger partial charge in [-0.3, -0.25) is 13.8 Å². The van der Waals surface area contributed by atoms with E-state index >= 15 is 0 Å². The molecule has 1 saturated carbocycles. The molecule has 0 radical (unpaired) electrons. The van der Waals surface area contributed by atoms with Crippen LogP contribution in [0, 0.1) is 11.7 Å². The van der Waals surface area contributed by atoms with Crippen LogP contribution in [0.15, 0.2) is 33.8 Å². The van der Waals surface area contributed by atoms with E-state index in [9.17, 15) is 9.18 Å². The van der Waals surface area contributed by atoms with Gasteiger partial charge in [0, 0.05) is 12.5 Å². The zero-order chi connectivity index (χ0) is 20.4. The minimum Gasteiger partial charge on any atom is -0.376 e. The Hall–Kier alpha value is -3.07. The molecule has 1 aliphatic heterocycles. The number of aromatic nitrogens is 5. The van der Waals surface area contributed by atoms with Gasteiger partial charge in [-0.25, -0.2) is 9.37 Å². The van der Waals surface area contributed by atoms with Crippen molar-refractivity contribution >= 4 is 16.6 Å². The molecule has 2 aliphatic rings. The Morgan fingerprint density at radius 2 is 2.17 bits per heavy atom. The largest absolute Gasteiger partial charge is 0.376 e. The first-order chi connectivity index (χ1) is 14.6. The van der Waals surface area contributed by atoms with Gasteiger partial charge in [0.2, 0.25) is 11.7 Å². The first kappa shape index (κ1) is 17.8. The standard InChI is InChI=1S/C21H20FN5O3/c1-11-8-13(11)20-24-19(25-30-20)16-18-21(28)26(9-12-4-3-7-29-12)17-14(22)5-2-6-15(17)27(18)10-23-16/h2,5-6,10-13H,3-4,7-9H2,1H3. The first-order valence-electron chi connectivity index (χ1n) is 10.3. The van der Waals surface area contributed by atoms with Gasteiger partial charge in [0.05, 0.1) is 18.2 Å². The highest BCUT2D eigenvalue weighted by Gasteiger charge is 2.39. The van der Waals surface area contributed by atoms with Crippen molar-refractivity contribution in [3.63, 3.8) is 0 Å². The predicted octanol–water partition coefficient (Wildman–Crippen LogP) is 3.14. The molecule has 3 unspecified atom stereocenters. The molecular formula is C21H20FN5O3. The minimum absolute atomic E-state index is 0.118. The third-order valence-electron chi connectivity index (χ3n) is 6.20. The lowest BCUT2D eigenvalue weighted by Gasteiger charge is -2.16. The second-order valence-electron chi connectivity index (χ2n) is 8.25. The lowest BCUT2D eigenvalue weighted by atomic mass is 10.2. The van der Waals surface area contributed by atoms with Crippen LogP contribution in [-0.4, -0.2) is 36.8 Å². The summed E-state index contributed by atoms with van der Waals surface area (Å²) in [7, 11) is 0. The fourth-order valence-electron chi connectivity index (χ4n) is 4.41. The van der Waals surface area contributed by atoms with E-state index in [0.29, 0.717) is 35.1 Å². The fraction of sp³-hybridized carbons (Fsp3) is 0.429. The van der Waals surface area contributed by atoms with Crippen molar-refractivity contribution < 1.29 is 13.7 Å². The zero-order valence-corrected chi connectivity index (χ0v) is 16.4. The highest BCUT2D eigenvalue weighted by molar-refractivity contribution is 5.84. The van der Waals surface area contributed by atoms with Gasteiger partial charge >= 0.3 is 0 Å². The van der Waals surface area contributed by atoms with Crippen molar-refractivity contribution in [1.29, 1.82) is 0 Å². The van der Waals surface area contributed by atoms with Crippen LogP contribution in [0.5, 0.6) is 0 Å². The molecule has 2 fully saturated rings. The molecule has 1 aliphatic carbocycles. The third-order valence-corrected chi connectivity index (χ3v) is 6.20. The van der Waals surface area contributed by atoms with Crippen LogP contribution < -0.4 is 5.56 Å². The Labute approximate surface area is 170 Å². The summed E-state index contributed by atoms with van der Waals surface area (Å²) < 4.78 is 29.0. The number of benzene rings is 1. The van der Waals surface area contributed by atoms with Crippen molar-refractivity contribution in [1.82, 2.24) is 24.1 Å². The van der Waals surface area contributed by atoms with E-state index in [1.165, 1.54) is 17.0 Å². The first-order valence-corrected chi connectivity index (χ1v) is 10.3. The maximum absolute atomic E-state index is 14.8. The van der Waals surface area contributed by atoms with Crippen LogP contribution in [0.4, 0.5) is 4.39 Å². The van der Waals surface area contributed by atoms with E-state index in [1.54, 1.807) is 16.5 Å². The quantitative estimate of drug-likeness (QED) is 0.515. The lowest BCUT2D eigenvalue weighted by molar-refractivity contribution is 0.0972. The molecule has 3 aromatic heterocycles. The van der Waals surface area contributed by atoms with Crippen molar-refractivity contribution in [2.75, 3.05) is 6.61 Å². The van der Waals surface area contributed by atoms with Gasteiger partial charge in [0.1, 0.15) is 28.9 Å². The number of fused-ring (bicyclic) bond motifs is 3. The second kappa shape index (κ2) is 6.46. The lowest BCUT2D eigenvalue weighted by Crippen LogP contribution is -2.29. The van der Waals surface area contributed by atoms with Crippen molar-refractivity contribution in [2.45, 2.75) is 44.8 Å². The van der Waals surface area contributed by atoms with Crippen LogP contribution in [0.25, 0.3) is 28.1 Å². The van der Waals surface area contributed by atoms with E-state index < -0.39 is 5.82 Å². The van der Waals surface area contributed by atoms with Crippen LogP contribution >= 0.6 is 0 Å². The minimum atomic E-state index is -0.454. The SMILES string of the molecule is CC1CC1c1nc(-c2ncn3c2c(=O)n(CC2CCCO2)c2c(F)cccc23)no1. The molecule has 4 aromatic rings.